The number of likely N-dealkylation sites (tertiary alicyclic amines) is 1. The molecule has 0 saturated carbocycles. The quantitative estimate of drug-likeness (QED) is 0.806. The third-order valence-electron chi connectivity index (χ3n) is 3.48. The van der Waals surface area contributed by atoms with Crippen LogP contribution in [0.3, 0.4) is 0 Å². The molecule has 1 N–H and O–H groups in total. The Morgan fingerprint density at radius 1 is 1.29 bits per heavy atom. The molecule has 2 rings (SSSR count). The summed E-state index contributed by atoms with van der Waals surface area (Å²) in [6.45, 7) is 5.40. The van der Waals surface area contributed by atoms with Crippen LogP contribution in [0.5, 0.6) is 0 Å². The van der Waals surface area contributed by atoms with Gasteiger partial charge in [-0.15, -0.1) is 0 Å². The lowest BCUT2D eigenvalue weighted by molar-refractivity contribution is 0.182. The molecule has 1 saturated heterocycles. The van der Waals surface area contributed by atoms with Gasteiger partial charge in [-0.25, -0.2) is 9.97 Å². The summed E-state index contributed by atoms with van der Waals surface area (Å²) >= 11 is 0. The van der Waals surface area contributed by atoms with E-state index in [0.29, 0.717) is 12.0 Å². The number of rotatable bonds is 1. The molecule has 1 fully saturated rings. The fourth-order valence-corrected chi connectivity index (χ4v) is 2.21. The van der Waals surface area contributed by atoms with Gasteiger partial charge in [-0.3, -0.25) is 0 Å². The Kier molecular flexibility index (Phi) is 5.51. The zero-order valence-corrected chi connectivity index (χ0v) is 11.2. The first-order valence-electron chi connectivity index (χ1n) is 6.10. The summed E-state index contributed by atoms with van der Waals surface area (Å²) in [6.07, 6.45) is 6.44. The highest BCUT2D eigenvalue weighted by atomic mass is 16.2. The zero-order chi connectivity index (χ0) is 12.8. The Bertz CT molecular complexity index is 326. The van der Waals surface area contributed by atoms with Gasteiger partial charge in [0.1, 0.15) is 5.82 Å². The van der Waals surface area contributed by atoms with Crippen molar-refractivity contribution in [3.63, 3.8) is 0 Å². The van der Waals surface area contributed by atoms with E-state index in [9.17, 15) is 0 Å². The van der Waals surface area contributed by atoms with Gasteiger partial charge in [-0.2, -0.15) is 0 Å². The van der Waals surface area contributed by atoms with Crippen LogP contribution in [0.4, 0.5) is 0 Å². The van der Waals surface area contributed by atoms with Gasteiger partial charge in [0.15, 0.2) is 0 Å². The molecule has 0 aromatic carbocycles. The third-order valence-corrected chi connectivity index (χ3v) is 3.48. The first-order chi connectivity index (χ1) is 8.16. The normalized spacial score (nSPS) is 25.0. The van der Waals surface area contributed by atoms with Crippen molar-refractivity contribution < 1.29 is 5.11 Å². The molecular formula is C13H23N3O. The van der Waals surface area contributed by atoms with Crippen molar-refractivity contribution in [2.24, 2.45) is 0 Å². The monoisotopic (exact) mass is 237 g/mol. The molecule has 96 valence electrons. The molecule has 0 unspecified atom stereocenters. The van der Waals surface area contributed by atoms with Crippen molar-refractivity contribution in [1.29, 1.82) is 0 Å². The van der Waals surface area contributed by atoms with Crippen LogP contribution in [0, 0.1) is 6.92 Å². The first-order valence-corrected chi connectivity index (χ1v) is 6.10. The molecule has 1 aliphatic heterocycles. The SMILES string of the molecule is CO.Cc1ncc([C@@H]2CCN(C)[C@H](C)C2)cn1. The second kappa shape index (κ2) is 6.67. The van der Waals surface area contributed by atoms with E-state index < -0.39 is 0 Å². The smallest absolute Gasteiger partial charge is 0.125 e. The van der Waals surface area contributed by atoms with Gasteiger partial charge < -0.3 is 10.0 Å². The van der Waals surface area contributed by atoms with E-state index >= 15 is 0 Å². The molecule has 17 heavy (non-hydrogen) atoms. The summed E-state index contributed by atoms with van der Waals surface area (Å²) in [5.41, 5.74) is 1.31. The zero-order valence-electron chi connectivity index (χ0n) is 11.2. The maximum Gasteiger partial charge on any atom is 0.125 e. The van der Waals surface area contributed by atoms with Crippen molar-refractivity contribution in [3.8, 4) is 0 Å². The number of hydrogen-bond donors (Lipinski definition) is 1. The maximum atomic E-state index is 7.00. The molecular weight excluding hydrogens is 214 g/mol. The summed E-state index contributed by atoms with van der Waals surface area (Å²) < 4.78 is 0. The van der Waals surface area contributed by atoms with Crippen molar-refractivity contribution in [2.75, 3.05) is 20.7 Å². The number of aliphatic hydroxyl groups is 1. The minimum atomic E-state index is 0.650. The average Bonchev–Trinajstić information content (AvgIpc) is 2.36. The lowest BCUT2D eigenvalue weighted by Gasteiger charge is -2.34. The molecule has 4 nitrogen and oxygen atoms in total. The summed E-state index contributed by atoms with van der Waals surface area (Å²) in [6, 6.07) is 0.671. The Hall–Kier alpha value is -1.00. The van der Waals surface area contributed by atoms with Crippen LogP contribution in [0.25, 0.3) is 0 Å². The van der Waals surface area contributed by atoms with Crippen LogP contribution in [0.1, 0.15) is 37.1 Å². The topological polar surface area (TPSA) is 49.3 Å². The van der Waals surface area contributed by atoms with Gasteiger partial charge in [0, 0.05) is 25.5 Å². The van der Waals surface area contributed by atoms with E-state index in [-0.39, 0.29) is 0 Å². The van der Waals surface area contributed by atoms with E-state index in [2.05, 4.69) is 28.8 Å². The first kappa shape index (κ1) is 14.1. The minimum Gasteiger partial charge on any atom is -0.400 e. The number of piperidine rings is 1. The second-order valence-electron chi connectivity index (χ2n) is 4.61. The molecule has 0 spiro atoms. The Balaban J connectivity index is 0.000000686. The van der Waals surface area contributed by atoms with Gasteiger partial charge in [-0.1, -0.05) is 0 Å². The van der Waals surface area contributed by atoms with Gasteiger partial charge in [0.25, 0.3) is 0 Å². The van der Waals surface area contributed by atoms with Crippen LogP contribution in [-0.2, 0) is 0 Å². The second-order valence-corrected chi connectivity index (χ2v) is 4.61. The van der Waals surface area contributed by atoms with Crippen molar-refractivity contribution in [1.82, 2.24) is 14.9 Å². The van der Waals surface area contributed by atoms with Gasteiger partial charge in [0.2, 0.25) is 0 Å². The maximum absolute atomic E-state index is 7.00. The number of aryl methyl sites for hydroxylation is 1. The van der Waals surface area contributed by atoms with Crippen molar-refractivity contribution in [2.45, 2.75) is 38.6 Å². The molecule has 0 bridgehead atoms. The van der Waals surface area contributed by atoms with Crippen LogP contribution >= 0.6 is 0 Å². The third kappa shape index (κ3) is 3.75. The Morgan fingerprint density at radius 3 is 2.41 bits per heavy atom. The largest absolute Gasteiger partial charge is 0.400 e. The average molecular weight is 237 g/mol. The summed E-state index contributed by atoms with van der Waals surface area (Å²) in [4.78, 5) is 11.0. The lowest BCUT2D eigenvalue weighted by Crippen LogP contribution is -2.36. The van der Waals surface area contributed by atoms with Crippen molar-refractivity contribution >= 4 is 0 Å². The van der Waals surface area contributed by atoms with E-state index in [4.69, 9.17) is 5.11 Å². The van der Waals surface area contributed by atoms with Crippen LogP contribution in [0.15, 0.2) is 12.4 Å². The highest BCUT2D eigenvalue weighted by Crippen LogP contribution is 2.29. The molecule has 0 aliphatic carbocycles. The molecule has 2 heterocycles. The van der Waals surface area contributed by atoms with E-state index in [1.54, 1.807) is 0 Å². The molecule has 1 aliphatic rings. The van der Waals surface area contributed by atoms with Gasteiger partial charge >= 0.3 is 0 Å². The van der Waals surface area contributed by atoms with Crippen LogP contribution < -0.4 is 0 Å². The Morgan fingerprint density at radius 2 is 1.88 bits per heavy atom. The van der Waals surface area contributed by atoms with E-state index in [1.807, 2.05) is 19.3 Å². The van der Waals surface area contributed by atoms with Gasteiger partial charge in [0.05, 0.1) is 0 Å². The summed E-state index contributed by atoms with van der Waals surface area (Å²) in [5.74, 6) is 1.51. The number of nitrogens with zero attached hydrogens (tertiary/aromatic N) is 3. The lowest BCUT2D eigenvalue weighted by atomic mass is 9.87. The van der Waals surface area contributed by atoms with Gasteiger partial charge in [-0.05, 0) is 51.8 Å². The predicted octanol–water partition coefficient (Wildman–Crippen LogP) is 1.59. The molecule has 0 amide bonds. The summed E-state index contributed by atoms with van der Waals surface area (Å²) in [5, 5.41) is 7.00. The van der Waals surface area contributed by atoms with Crippen molar-refractivity contribution in [3.05, 3.63) is 23.8 Å². The predicted molar refractivity (Wildman–Crippen MR) is 69.0 cm³/mol. The molecule has 1 aromatic heterocycles. The number of aliphatic hydroxyl groups excluding tert-OH is 1. The summed E-state index contributed by atoms with van der Waals surface area (Å²) in [7, 11) is 3.20. The van der Waals surface area contributed by atoms with Crippen LogP contribution in [0.2, 0.25) is 0 Å². The molecule has 1 aromatic rings. The molecule has 0 radical (unpaired) electrons. The van der Waals surface area contributed by atoms with E-state index in [1.165, 1.54) is 24.9 Å². The number of hydrogen-bond acceptors (Lipinski definition) is 4. The standard InChI is InChI=1S/C12H19N3.CH4O/c1-9-6-11(4-5-15(9)3)12-7-13-10(2)14-8-12;1-2/h7-9,11H,4-6H2,1-3H3;2H,1H3/t9-,11-;/m1./s1. The molecule has 2 atom stereocenters. The highest BCUT2D eigenvalue weighted by Gasteiger charge is 2.24. The van der Waals surface area contributed by atoms with E-state index in [0.717, 1.165) is 12.9 Å². The minimum absolute atomic E-state index is 0.650. The molecule has 4 heteroatoms. The number of aromatic nitrogens is 2. The highest BCUT2D eigenvalue weighted by molar-refractivity contribution is 5.13. The Labute approximate surface area is 104 Å². The fraction of sp³-hybridized carbons (Fsp3) is 0.692. The van der Waals surface area contributed by atoms with Crippen LogP contribution in [-0.4, -0.2) is 46.7 Å². The fourth-order valence-electron chi connectivity index (χ4n) is 2.21.